The summed E-state index contributed by atoms with van der Waals surface area (Å²) in [5.74, 6) is -3.33. The quantitative estimate of drug-likeness (QED) is 0.526. The van der Waals surface area contributed by atoms with E-state index < -0.39 is 23.5 Å². The summed E-state index contributed by atoms with van der Waals surface area (Å²) in [5, 5.41) is 19.7. The Hall–Kier alpha value is -3.44. The molecule has 2 heterocycles. The number of nitriles is 1. The van der Waals surface area contributed by atoms with Crippen LogP contribution in [0.1, 0.15) is 5.56 Å². The SMILES string of the molecule is N#C/C(=N\c1ccc(F)c(Cl)c1)c1ccnc(-c2cc(F)nc(F)c2)c1O. The largest absolute Gasteiger partial charge is 0.505 e. The van der Waals surface area contributed by atoms with Crippen LogP contribution in [0.2, 0.25) is 5.02 Å². The molecule has 0 unspecified atom stereocenters. The first-order valence-electron chi connectivity index (χ1n) is 7.34. The van der Waals surface area contributed by atoms with Crippen LogP contribution in [0.15, 0.2) is 47.6 Å². The number of benzene rings is 1. The van der Waals surface area contributed by atoms with Crippen LogP contribution in [-0.2, 0) is 0 Å². The van der Waals surface area contributed by atoms with E-state index in [1.165, 1.54) is 24.4 Å². The zero-order valence-electron chi connectivity index (χ0n) is 13.3. The van der Waals surface area contributed by atoms with Crippen LogP contribution in [0, 0.1) is 29.0 Å². The fraction of sp³-hybridized carbons (Fsp3) is 0. The number of aliphatic imine (C=N–C) groups is 1. The zero-order chi connectivity index (χ0) is 19.6. The topological polar surface area (TPSA) is 82.2 Å². The molecule has 0 amide bonds. The molecule has 0 saturated carbocycles. The molecule has 5 nitrogen and oxygen atoms in total. The first-order valence-corrected chi connectivity index (χ1v) is 7.72. The van der Waals surface area contributed by atoms with E-state index in [9.17, 15) is 23.5 Å². The van der Waals surface area contributed by atoms with E-state index in [0.717, 1.165) is 18.2 Å². The van der Waals surface area contributed by atoms with Gasteiger partial charge in [0.05, 0.1) is 16.3 Å². The summed E-state index contributed by atoms with van der Waals surface area (Å²) in [7, 11) is 0. The third-order valence-electron chi connectivity index (χ3n) is 3.47. The van der Waals surface area contributed by atoms with Gasteiger partial charge in [0.15, 0.2) is 11.5 Å². The number of hydrogen-bond donors (Lipinski definition) is 1. The second kappa shape index (κ2) is 7.43. The molecule has 0 atom stereocenters. The van der Waals surface area contributed by atoms with Crippen LogP contribution in [0.3, 0.4) is 0 Å². The van der Waals surface area contributed by atoms with Crippen molar-refractivity contribution in [3.8, 4) is 23.1 Å². The van der Waals surface area contributed by atoms with E-state index in [2.05, 4.69) is 15.0 Å². The van der Waals surface area contributed by atoms with Gasteiger partial charge in [-0.15, -0.1) is 0 Å². The minimum Gasteiger partial charge on any atom is -0.505 e. The lowest BCUT2D eigenvalue weighted by atomic mass is 10.1. The molecule has 9 heteroatoms. The van der Waals surface area contributed by atoms with Gasteiger partial charge in [-0.2, -0.15) is 19.0 Å². The van der Waals surface area contributed by atoms with Gasteiger partial charge in [0.1, 0.15) is 17.6 Å². The first-order chi connectivity index (χ1) is 12.9. The zero-order valence-corrected chi connectivity index (χ0v) is 14.0. The molecular formula is C18H8ClF3N4O. The molecule has 0 aliphatic rings. The lowest BCUT2D eigenvalue weighted by Crippen LogP contribution is -2.00. The molecule has 0 aliphatic heterocycles. The van der Waals surface area contributed by atoms with Crippen molar-refractivity contribution in [2.45, 2.75) is 0 Å². The summed E-state index contributed by atoms with van der Waals surface area (Å²) in [4.78, 5) is 10.9. The molecule has 3 aromatic rings. The van der Waals surface area contributed by atoms with Crippen LogP contribution in [0.25, 0.3) is 11.3 Å². The highest BCUT2D eigenvalue weighted by Gasteiger charge is 2.17. The van der Waals surface area contributed by atoms with Crippen LogP contribution in [-0.4, -0.2) is 20.8 Å². The van der Waals surface area contributed by atoms with E-state index in [1.807, 2.05) is 6.07 Å². The van der Waals surface area contributed by atoms with Crippen molar-refractivity contribution in [1.29, 1.82) is 5.26 Å². The molecule has 3 rings (SSSR count). The number of aromatic hydroxyl groups is 1. The summed E-state index contributed by atoms with van der Waals surface area (Å²) in [6, 6.07) is 8.47. The predicted octanol–water partition coefficient (Wildman–Crippen LogP) is 4.56. The van der Waals surface area contributed by atoms with Crippen LogP contribution in [0.5, 0.6) is 5.75 Å². The number of hydrogen-bond acceptors (Lipinski definition) is 5. The molecule has 0 bridgehead atoms. The molecular weight excluding hydrogens is 381 g/mol. The van der Waals surface area contributed by atoms with Gasteiger partial charge in [0.2, 0.25) is 11.9 Å². The molecule has 1 aromatic carbocycles. The highest BCUT2D eigenvalue weighted by atomic mass is 35.5. The Labute approximate surface area is 156 Å². The molecule has 134 valence electrons. The Balaban J connectivity index is 2.12. The molecule has 2 aromatic heterocycles. The Morgan fingerprint density at radius 3 is 2.44 bits per heavy atom. The maximum atomic E-state index is 13.3. The lowest BCUT2D eigenvalue weighted by Gasteiger charge is -2.08. The van der Waals surface area contributed by atoms with E-state index in [0.29, 0.717) is 0 Å². The minimum absolute atomic E-state index is 0.0272. The molecule has 0 spiro atoms. The Bertz CT molecular complexity index is 1090. The fourth-order valence-corrected chi connectivity index (χ4v) is 2.46. The first kappa shape index (κ1) is 18.4. The Morgan fingerprint density at radius 1 is 1.11 bits per heavy atom. The van der Waals surface area contributed by atoms with Gasteiger partial charge in [-0.1, -0.05) is 11.6 Å². The van der Waals surface area contributed by atoms with Gasteiger partial charge >= 0.3 is 0 Å². The molecule has 27 heavy (non-hydrogen) atoms. The van der Waals surface area contributed by atoms with Crippen molar-refractivity contribution in [1.82, 2.24) is 9.97 Å². The molecule has 0 saturated heterocycles. The van der Waals surface area contributed by atoms with Gasteiger partial charge in [0, 0.05) is 23.9 Å². The maximum Gasteiger partial charge on any atom is 0.216 e. The highest BCUT2D eigenvalue weighted by Crippen LogP contribution is 2.32. The number of aromatic nitrogens is 2. The summed E-state index contributed by atoms with van der Waals surface area (Å²) >= 11 is 5.69. The highest BCUT2D eigenvalue weighted by molar-refractivity contribution is 6.31. The molecule has 0 aliphatic carbocycles. The average Bonchev–Trinajstić information content (AvgIpc) is 2.62. The number of pyridine rings is 2. The van der Waals surface area contributed by atoms with Crippen molar-refractivity contribution >= 4 is 23.0 Å². The van der Waals surface area contributed by atoms with Crippen LogP contribution in [0.4, 0.5) is 18.9 Å². The van der Waals surface area contributed by atoms with Crippen molar-refractivity contribution < 1.29 is 18.3 Å². The molecule has 1 N–H and O–H groups in total. The molecule has 0 fully saturated rings. The van der Waals surface area contributed by atoms with Crippen LogP contribution < -0.4 is 0 Å². The van der Waals surface area contributed by atoms with Gasteiger partial charge < -0.3 is 5.11 Å². The van der Waals surface area contributed by atoms with Crippen molar-refractivity contribution in [3.05, 3.63) is 70.9 Å². The summed E-state index contributed by atoms with van der Waals surface area (Å²) < 4.78 is 39.9. The average molecular weight is 389 g/mol. The van der Waals surface area contributed by atoms with E-state index in [-0.39, 0.29) is 33.2 Å². The lowest BCUT2D eigenvalue weighted by molar-refractivity contribution is 0.473. The fourth-order valence-electron chi connectivity index (χ4n) is 2.29. The van der Waals surface area contributed by atoms with Gasteiger partial charge in [-0.05, 0) is 24.3 Å². The third-order valence-corrected chi connectivity index (χ3v) is 3.76. The van der Waals surface area contributed by atoms with Gasteiger partial charge in [0.25, 0.3) is 0 Å². The third kappa shape index (κ3) is 3.88. The normalized spacial score (nSPS) is 11.3. The number of nitrogens with zero attached hydrogens (tertiary/aromatic N) is 4. The second-order valence-electron chi connectivity index (χ2n) is 5.23. The monoisotopic (exact) mass is 388 g/mol. The van der Waals surface area contributed by atoms with E-state index >= 15 is 0 Å². The van der Waals surface area contributed by atoms with E-state index in [1.54, 1.807) is 0 Å². The number of halogens is 4. The van der Waals surface area contributed by atoms with Gasteiger partial charge in [-0.25, -0.2) is 9.38 Å². The van der Waals surface area contributed by atoms with Crippen molar-refractivity contribution in [2.75, 3.05) is 0 Å². The van der Waals surface area contributed by atoms with Crippen molar-refractivity contribution in [2.24, 2.45) is 4.99 Å². The minimum atomic E-state index is -1.09. The Kier molecular flexibility index (Phi) is 5.05. The second-order valence-corrected chi connectivity index (χ2v) is 5.63. The number of rotatable bonds is 3. The van der Waals surface area contributed by atoms with Gasteiger partial charge in [-0.3, -0.25) is 4.98 Å². The van der Waals surface area contributed by atoms with Crippen molar-refractivity contribution in [3.63, 3.8) is 0 Å². The summed E-state index contributed by atoms with van der Waals surface area (Å²) in [5.41, 5.74) is -0.305. The molecule has 0 radical (unpaired) electrons. The Morgan fingerprint density at radius 2 is 1.81 bits per heavy atom. The maximum absolute atomic E-state index is 13.3. The standard InChI is InChI=1S/C18H8ClF3N4O/c19-12-7-10(1-2-13(12)20)25-14(8-23)11-3-4-24-17(18(11)27)9-5-15(21)26-16(22)6-9/h1-7,27H/b25-14+. The smallest absolute Gasteiger partial charge is 0.216 e. The summed E-state index contributed by atoms with van der Waals surface area (Å²) in [6.45, 7) is 0. The van der Waals surface area contributed by atoms with Crippen LogP contribution >= 0.6 is 11.6 Å². The predicted molar refractivity (Wildman–Crippen MR) is 92.3 cm³/mol. The summed E-state index contributed by atoms with van der Waals surface area (Å²) in [6.07, 6.45) is 1.24. The van der Waals surface area contributed by atoms with E-state index in [4.69, 9.17) is 11.6 Å².